The third kappa shape index (κ3) is 32.2. The first-order valence-corrected chi connectivity index (χ1v) is 54.3. The van der Waals surface area contributed by atoms with Crippen LogP contribution >= 0.6 is 172 Å². The number of primary sulfonamides is 1. The number of nitrogens with one attached hydrogen (secondary N) is 4. The fourth-order valence-corrected chi connectivity index (χ4v) is 21.9. The molecule has 5 aliphatic heterocycles. The number of carbonyl (C=O) groups is 1. The maximum absolute atomic E-state index is 12.7. The average Bonchev–Trinajstić information content (AvgIpc) is 1.62. The molecule has 1 unspecified atom stereocenters. The molecule has 14 N–H and O–H groups in total. The summed E-state index contributed by atoms with van der Waals surface area (Å²) in [5.74, 6) is 2.13. The summed E-state index contributed by atoms with van der Waals surface area (Å²) in [5, 5.41) is 45.0. The maximum atomic E-state index is 12.7. The highest BCUT2D eigenvalue weighted by atomic mass is 79.9. The Morgan fingerprint density at radius 2 is 0.926 bits per heavy atom. The Kier molecular flexibility index (Phi) is 44.1. The molecule has 20 rings (SSSR count). The first-order chi connectivity index (χ1) is 63.6. The van der Waals surface area contributed by atoms with Gasteiger partial charge < -0.3 is 64.9 Å². The Morgan fingerprint density at radius 3 is 1.33 bits per heavy atom. The van der Waals surface area contributed by atoms with Gasteiger partial charge in [0.25, 0.3) is 15.6 Å². The van der Waals surface area contributed by atoms with Gasteiger partial charge in [0.05, 0.1) is 111 Å². The third-order valence-electron chi connectivity index (χ3n) is 19.9. The predicted octanol–water partition coefficient (Wildman–Crippen LogP) is 18.3. The van der Waals surface area contributed by atoms with Gasteiger partial charge in [-0.1, -0.05) is 161 Å². The largest absolute Gasteiger partial charge is 0.505 e. The summed E-state index contributed by atoms with van der Waals surface area (Å²) in [7, 11) is -9.17. The number of nitrogens with zero attached hydrogens (tertiary/aromatic N) is 10. The average molecular weight is 2370 g/mol. The van der Waals surface area contributed by atoms with E-state index in [0.29, 0.717) is 50.3 Å². The number of aromatic amines is 2. The molecule has 9 aliphatic rings. The minimum absolute atomic E-state index is 0. The molecule has 11 heterocycles. The molecule has 2 amide bonds. The van der Waals surface area contributed by atoms with Crippen LogP contribution in [0.2, 0.25) is 45.2 Å². The number of aromatic nitrogens is 12. The molecule has 5 aromatic carbocycles. The van der Waals surface area contributed by atoms with Crippen molar-refractivity contribution in [3.8, 4) is 46.6 Å². The normalized spacial score (nSPS) is 14.4. The van der Waals surface area contributed by atoms with E-state index in [1.165, 1.54) is 153 Å². The van der Waals surface area contributed by atoms with E-state index in [1.54, 1.807) is 18.6 Å². The zero-order chi connectivity index (χ0) is 97.4. The Morgan fingerprint density at radius 1 is 0.548 bits per heavy atom. The van der Waals surface area contributed by atoms with Gasteiger partial charge in [0.2, 0.25) is 39.4 Å². The van der Waals surface area contributed by atoms with Crippen LogP contribution in [0.1, 0.15) is 110 Å². The lowest BCUT2D eigenvalue weighted by atomic mass is 9.99. The fourth-order valence-electron chi connectivity index (χ4n) is 14.2. The third-order valence-corrected chi connectivity index (χ3v) is 27.9. The molecule has 6 aromatic heterocycles. The van der Waals surface area contributed by atoms with E-state index in [2.05, 4.69) is 126 Å². The molecule has 0 saturated carbocycles. The number of anilines is 2. The summed E-state index contributed by atoms with van der Waals surface area (Å²) in [4.78, 5) is 22.3. The number of ether oxygens (including phenoxy) is 5. The lowest BCUT2D eigenvalue weighted by molar-refractivity contribution is 0.224. The van der Waals surface area contributed by atoms with Crippen molar-refractivity contribution in [2.24, 2.45) is 5.14 Å². The molecule has 0 saturated heterocycles. The Hall–Kier alpha value is -7.18. The van der Waals surface area contributed by atoms with Gasteiger partial charge in [0.15, 0.2) is 31.9 Å². The number of halogens is 13. The molecule has 54 heteroatoms. The highest BCUT2D eigenvalue weighted by molar-refractivity contribution is 9.10. The number of phenolic OH excluding ortho intramolecular Hbond substituents is 1. The highest BCUT2D eigenvalue weighted by Crippen LogP contribution is 2.44. The molecule has 0 radical (unpaired) electrons. The molecular formula is C81H95Br3Cl10N17O19PS4. The maximum Gasteiger partial charge on any atom is 0.401 e. The Bertz CT molecular complexity index is 6350. The summed E-state index contributed by atoms with van der Waals surface area (Å²) in [6.45, 7) is 10.0. The number of carbonyl (C=O) groups excluding carboxylic acids is 1. The Labute approximate surface area is 857 Å². The van der Waals surface area contributed by atoms with E-state index in [9.17, 15) is 43.3 Å². The SMILES string of the molecule is BrCCCBr.Brc1cnn2c1OCCC2.N.NS(=O)(=O)c1cnn2c1OCCC2.Nc1c2c(cc3c1CCC3)CCC2.O.O=C(Nc1c2c(cc3c1CCC3)CCC2)NS(=O)(=O)c1cnn2c1OCCC2.O=S(=O)(Cl)Oc1c(Cl)cc(Cl)cc1Cl.O=S(=O)(Oc1c(Cl)cc(Cl)cc1Cl)c1cnn2c1OCCC2.O=c1cc[nH][nH]1.Oc1c(Cl)cc(Cl)cc1Cl.[3H]C(=C)P.c1cc2n(n1)CCCO2. The van der Waals surface area contributed by atoms with E-state index in [4.69, 9.17) is 160 Å². The minimum atomic E-state index is -4.19. The molecule has 4 aliphatic carbocycles. The van der Waals surface area contributed by atoms with Crippen molar-refractivity contribution in [2.75, 3.05) is 54.7 Å². The molecule has 0 fully saturated rings. The van der Waals surface area contributed by atoms with Gasteiger partial charge in [-0.25, -0.2) is 54.9 Å². The number of nitrogen functional groups attached to an aromatic ring is 1. The molecular weight excluding hydrogens is 2270 g/mol. The zero-order valence-electron chi connectivity index (χ0n) is 72.5. The summed E-state index contributed by atoms with van der Waals surface area (Å²) in [5.41, 5.74) is 18.9. The molecule has 135 heavy (non-hydrogen) atoms. The number of H-pyrrole nitrogens is 2. The first-order valence-electron chi connectivity index (χ1n) is 41.1. The molecule has 0 bridgehead atoms. The number of amides is 2. The van der Waals surface area contributed by atoms with E-state index < -0.39 is 45.5 Å². The van der Waals surface area contributed by atoms with Crippen LogP contribution in [0.5, 0.6) is 46.6 Å². The van der Waals surface area contributed by atoms with Crippen LogP contribution in [0.3, 0.4) is 0 Å². The van der Waals surface area contributed by atoms with Crippen molar-refractivity contribution < 1.29 is 82.5 Å². The number of nitrogens with two attached hydrogens (primary N) is 2. The van der Waals surface area contributed by atoms with Gasteiger partial charge in [-0.15, -0.1) is 9.24 Å². The predicted molar refractivity (Wildman–Crippen MR) is 537 cm³/mol. The lowest BCUT2D eigenvalue weighted by Crippen LogP contribution is -2.35. The number of phenols is 1. The fraction of sp³-hybridized carbons (Fsp3) is 0.370. The summed E-state index contributed by atoms with van der Waals surface area (Å²) >= 11 is 60.9. The van der Waals surface area contributed by atoms with Crippen molar-refractivity contribution in [1.29, 1.82) is 0 Å². The van der Waals surface area contributed by atoms with Crippen LogP contribution < -0.4 is 64.7 Å². The van der Waals surface area contributed by atoms with Crippen molar-refractivity contribution in [3.63, 3.8) is 0 Å². The van der Waals surface area contributed by atoms with Crippen LogP contribution in [0, 0.1) is 0 Å². The standard InChI is InChI=1S/C19H22N4O4S.C12H9Cl3N2O4S.C12H15N.C6H7BrN2O.C6H2Cl4O3S.C6H3Cl3O.C6H9N3O3S.C6H8N2O.C3H6Br2.C3H4N2O.C2H5P.H3N.H2O/c24-19(22-28(25,26)16-11-20-23-8-3-9-27-18(16)23)21-17-14-6-1-4-12(14)10-13-5-2-7-15(13)17;13-7-4-8(14)11(9(15)5-7)21-22(18,19)10-6-16-17-2-1-3-20-12(10)17;13-12-10-5-1-3-8(10)7-9-4-2-6-11(9)12;7-5-4-8-9-2-1-3-10-6(5)9;7-3-1-4(8)6(5(9)2-3)13-14(10,11)12;7-3-1-4(8)6(10)5(9)2-3;7-13(10,11)5-4-8-9-2-1-3-12-6(5)9;1-4-8-6(9-5-1)2-3-7-8;4-2-1-3-5;6-3-1-2-4-5-3;1-2-3;;/h10-11H,1-9H2,(H2,21,22,24);4-6H,1-3H2;7H,1-6,13H2;4H,1-3H2;1-2H;1-2,10H;4H,1-3H2,(H2,7,10,11);2-3H,1,4-5H2;1-3H2;1-2H,(H2,4,5,6);2H,1,3H2;1H3;1H2/i;;;;;;;;;;2T;;. The Balaban J connectivity index is 0.000000191. The van der Waals surface area contributed by atoms with Gasteiger partial charge in [-0.3, -0.25) is 9.89 Å². The number of aryl methyl sites for hydroxylation is 9. The molecule has 11 aromatic rings. The summed E-state index contributed by atoms with van der Waals surface area (Å²) < 4.78 is 147. The van der Waals surface area contributed by atoms with Gasteiger partial charge in [-0.2, -0.15) is 42.3 Å². The topological polar surface area (TPSA) is 519 Å². The number of urea groups is 1. The van der Waals surface area contributed by atoms with Crippen LogP contribution in [-0.4, -0.2) is 153 Å². The summed E-state index contributed by atoms with van der Waals surface area (Å²) in [6, 6.07) is 15.3. The second-order valence-electron chi connectivity index (χ2n) is 29.2. The molecule has 738 valence electrons. The van der Waals surface area contributed by atoms with Crippen LogP contribution in [0.15, 0.2) is 134 Å². The lowest BCUT2D eigenvalue weighted by Gasteiger charge is -2.17. The van der Waals surface area contributed by atoms with Crippen molar-refractivity contribution in [3.05, 3.63) is 215 Å². The van der Waals surface area contributed by atoms with E-state index in [1.807, 2.05) is 15.4 Å². The number of aromatic hydroxyl groups is 1. The minimum Gasteiger partial charge on any atom is -0.505 e. The smallest absolute Gasteiger partial charge is 0.401 e. The number of hydrogen-bond acceptors (Lipinski definition) is 25. The van der Waals surface area contributed by atoms with Crippen molar-refractivity contribution in [2.45, 2.75) is 163 Å². The van der Waals surface area contributed by atoms with Crippen molar-refractivity contribution in [1.82, 2.24) is 70.0 Å². The molecule has 1 atom stereocenters. The van der Waals surface area contributed by atoms with Crippen LogP contribution in [0.25, 0.3) is 0 Å². The number of alkyl halides is 2. The van der Waals surface area contributed by atoms with E-state index in [0.717, 1.165) is 146 Å². The number of sulfonamides is 2. The summed E-state index contributed by atoms with van der Waals surface area (Å²) in [6.07, 6.45) is 27.9. The van der Waals surface area contributed by atoms with Crippen LogP contribution in [-0.2, 0) is 124 Å². The highest BCUT2D eigenvalue weighted by Gasteiger charge is 2.34. The molecule has 0 spiro atoms. The quantitative estimate of drug-likeness (QED) is 0.0196. The number of fused-ring (bicyclic) bond motifs is 9. The van der Waals surface area contributed by atoms with Crippen molar-refractivity contribution >= 4 is 229 Å². The van der Waals surface area contributed by atoms with E-state index >= 15 is 0 Å². The second-order valence-corrected chi connectivity index (χ2v) is 42.6. The first kappa shape index (κ1) is 111. The van der Waals surface area contributed by atoms with Crippen LogP contribution in [0.4, 0.5) is 16.2 Å². The molecule has 36 nitrogen and oxygen atoms in total. The second kappa shape index (κ2) is 53.4. The number of rotatable bonds is 11. The number of benzene rings is 5. The zero-order valence-corrected chi connectivity index (χ0v) is 88.2. The van der Waals surface area contributed by atoms with Gasteiger partial charge in [-0.05, 0) is 180 Å². The van der Waals surface area contributed by atoms with Gasteiger partial charge in [0.1, 0.15) is 0 Å². The van der Waals surface area contributed by atoms with Gasteiger partial charge in [0, 0.05) is 120 Å². The van der Waals surface area contributed by atoms with Gasteiger partial charge >= 0.3 is 25.5 Å². The monoisotopic (exact) mass is 2360 g/mol. The van der Waals surface area contributed by atoms with E-state index in [-0.39, 0.29) is 107 Å². The number of hydrogen-bond donors (Lipinski definition) is 8.